The molecule has 2 amide bonds. The summed E-state index contributed by atoms with van der Waals surface area (Å²) < 4.78 is 3.20. The Morgan fingerprint density at radius 2 is 1.74 bits per heavy atom. The molecule has 34 heavy (non-hydrogen) atoms. The molecule has 1 atom stereocenters. The highest BCUT2D eigenvalue weighted by Crippen LogP contribution is 2.27. The van der Waals surface area contributed by atoms with Gasteiger partial charge in [0.25, 0.3) is 5.56 Å². The fraction of sp³-hybridized carbons (Fsp3) is 0.250. The predicted octanol–water partition coefficient (Wildman–Crippen LogP) is 3.41. The van der Waals surface area contributed by atoms with E-state index in [1.54, 1.807) is 49.8 Å². The topological polar surface area (TPSA) is 122 Å². The summed E-state index contributed by atoms with van der Waals surface area (Å²) in [6, 6.07) is 16.1. The monoisotopic (exact) mass is 482 g/mol. The van der Waals surface area contributed by atoms with Crippen molar-refractivity contribution in [1.82, 2.24) is 9.36 Å². The summed E-state index contributed by atoms with van der Waals surface area (Å²) in [5.74, 6) is -1.76. The number of carbonyl (C=O) groups is 3. The maximum Gasteiger partial charge on any atom is 0.303 e. The van der Waals surface area contributed by atoms with E-state index in [-0.39, 0.29) is 30.0 Å². The SMILES string of the molecule is Cc1c(NC(=O)C(C)Sc2cccc(NC(=O)CCC(=O)O)c2)c(=O)n(-c2ccccc2)n1C. The Hall–Kier alpha value is -3.79. The number of benzene rings is 2. The highest BCUT2D eigenvalue weighted by atomic mass is 32.2. The predicted molar refractivity (Wildman–Crippen MR) is 132 cm³/mol. The van der Waals surface area contributed by atoms with Crippen molar-refractivity contribution >= 4 is 40.9 Å². The van der Waals surface area contributed by atoms with Gasteiger partial charge < -0.3 is 15.7 Å². The largest absolute Gasteiger partial charge is 0.481 e. The zero-order valence-corrected chi connectivity index (χ0v) is 19.9. The number of carbonyl (C=O) groups excluding carboxylic acids is 2. The van der Waals surface area contributed by atoms with E-state index in [0.717, 1.165) is 4.90 Å². The van der Waals surface area contributed by atoms with Gasteiger partial charge in [-0.2, -0.15) is 0 Å². The molecule has 0 aliphatic rings. The molecule has 1 aromatic heterocycles. The van der Waals surface area contributed by atoms with Crippen LogP contribution < -0.4 is 16.2 Å². The molecule has 10 heteroatoms. The van der Waals surface area contributed by atoms with E-state index in [1.807, 2.05) is 30.3 Å². The van der Waals surface area contributed by atoms with E-state index in [4.69, 9.17) is 5.11 Å². The molecule has 0 saturated heterocycles. The summed E-state index contributed by atoms with van der Waals surface area (Å²) in [5.41, 5.74) is 1.75. The van der Waals surface area contributed by atoms with E-state index < -0.39 is 17.1 Å². The lowest BCUT2D eigenvalue weighted by Crippen LogP contribution is -2.27. The van der Waals surface area contributed by atoms with E-state index in [1.165, 1.54) is 16.4 Å². The van der Waals surface area contributed by atoms with Crippen molar-refractivity contribution in [2.75, 3.05) is 10.6 Å². The summed E-state index contributed by atoms with van der Waals surface area (Å²) in [6.45, 7) is 3.50. The molecular formula is C24H26N4O5S. The number of hydrogen-bond donors (Lipinski definition) is 3. The first kappa shape index (κ1) is 24.8. The molecule has 1 heterocycles. The van der Waals surface area contributed by atoms with E-state index in [2.05, 4.69) is 10.6 Å². The quantitative estimate of drug-likeness (QED) is 0.402. The van der Waals surface area contributed by atoms with Crippen LogP contribution in [0.2, 0.25) is 0 Å². The minimum atomic E-state index is -1.04. The van der Waals surface area contributed by atoms with Crippen LogP contribution in [0.15, 0.2) is 64.3 Å². The van der Waals surface area contributed by atoms with Gasteiger partial charge in [0.1, 0.15) is 5.69 Å². The summed E-state index contributed by atoms with van der Waals surface area (Å²) in [6.07, 6.45) is -0.370. The van der Waals surface area contributed by atoms with Gasteiger partial charge in [0.2, 0.25) is 11.8 Å². The molecule has 0 fully saturated rings. The van der Waals surface area contributed by atoms with Gasteiger partial charge in [-0.05, 0) is 44.2 Å². The maximum absolute atomic E-state index is 13.0. The van der Waals surface area contributed by atoms with Gasteiger partial charge in [-0.25, -0.2) is 4.68 Å². The second-order valence-corrected chi connectivity index (χ2v) is 9.07. The first-order valence-corrected chi connectivity index (χ1v) is 11.5. The molecule has 3 N–H and O–H groups in total. The number of aromatic nitrogens is 2. The van der Waals surface area contributed by atoms with E-state index >= 15 is 0 Å². The van der Waals surface area contributed by atoms with Gasteiger partial charge >= 0.3 is 5.97 Å². The van der Waals surface area contributed by atoms with Crippen molar-refractivity contribution in [2.24, 2.45) is 7.05 Å². The number of carboxylic acids is 1. The molecule has 3 aromatic rings. The summed E-state index contributed by atoms with van der Waals surface area (Å²) in [4.78, 5) is 49.1. The molecule has 0 bridgehead atoms. The van der Waals surface area contributed by atoms with Crippen LogP contribution in [0.4, 0.5) is 11.4 Å². The van der Waals surface area contributed by atoms with Crippen LogP contribution in [-0.4, -0.2) is 37.5 Å². The van der Waals surface area contributed by atoms with Crippen molar-refractivity contribution in [2.45, 2.75) is 36.8 Å². The number of amides is 2. The third-order valence-electron chi connectivity index (χ3n) is 5.17. The molecule has 9 nitrogen and oxygen atoms in total. The Labute approximate surface area is 200 Å². The highest BCUT2D eigenvalue weighted by molar-refractivity contribution is 8.00. The first-order valence-electron chi connectivity index (χ1n) is 10.6. The van der Waals surface area contributed by atoms with Gasteiger partial charge in [0.15, 0.2) is 0 Å². The van der Waals surface area contributed by atoms with Gasteiger partial charge in [-0.3, -0.25) is 23.9 Å². The molecule has 0 aliphatic carbocycles. The Balaban J connectivity index is 1.69. The number of thioether (sulfide) groups is 1. The first-order chi connectivity index (χ1) is 16.2. The number of aliphatic carboxylic acids is 1. The molecule has 2 aromatic carbocycles. The normalized spacial score (nSPS) is 11.6. The molecule has 178 valence electrons. The average Bonchev–Trinajstić information content (AvgIpc) is 3.01. The summed E-state index contributed by atoms with van der Waals surface area (Å²) >= 11 is 1.28. The van der Waals surface area contributed by atoms with Crippen LogP contribution in [0, 0.1) is 6.92 Å². The number of para-hydroxylation sites is 1. The van der Waals surface area contributed by atoms with Crippen LogP contribution >= 0.6 is 11.8 Å². The zero-order chi connectivity index (χ0) is 24.8. The van der Waals surface area contributed by atoms with Gasteiger partial charge in [0, 0.05) is 24.1 Å². The highest BCUT2D eigenvalue weighted by Gasteiger charge is 2.21. The van der Waals surface area contributed by atoms with Crippen LogP contribution in [0.5, 0.6) is 0 Å². The van der Waals surface area contributed by atoms with Crippen molar-refractivity contribution in [3.05, 3.63) is 70.6 Å². The second kappa shape index (κ2) is 10.9. The maximum atomic E-state index is 13.0. The molecule has 1 unspecified atom stereocenters. The standard InChI is InChI=1S/C24H26N4O5S/c1-15-22(24(33)28(27(15)3)18-9-5-4-6-10-18)26-23(32)16(2)34-19-11-7-8-17(14-19)25-20(29)12-13-21(30)31/h4-11,14,16H,12-13H2,1-3H3,(H,25,29)(H,26,32)(H,30,31). The second-order valence-electron chi connectivity index (χ2n) is 7.66. The molecule has 0 saturated carbocycles. The van der Waals surface area contributed by atoms with Crippen molar-refractivity contribution < 1.29 is 19.5 Å². The molecular weight excluding hydrogens is 456 g/mol. The number of nitrogens with one attached hydrogen (secondary N) is 2. The van der Waals surface area contributed by atoms with Crippen LogP contribution in [0.1, 0.15) is 25.5 Å². The molecule has 0 spiro atoms. The fourth-order valence-corrected chi connectivity index (χ4v) is 4.21. The van der Waals surface area contributed by atoms with Crippen molar-refractivity contribution in [3.63, 3.8) is 0 Å². The third kappa shape index (κ3) is 5.96. The zero-order valence-electron chi connectivity index (χ0n) is 19.1. The lowest BCUT2D eigenvalue weighted by Gasteiger charge is -2.12. The number of carboxylic acid groups (broad SMARTS) is 1. The summed E-state index contributed by atoms with van der Waals surface area (Å²) in [7, 11) is 1.76. The summed E-state index contributed by atoms with van der Waals surface area (Å²) in [5, 5.41) is 13.6. The van der Waals surface area contributed by atoms with Gasteiger partial charge in [0.05, 0.1) is 23.1 Å². The van der Waals surface area contributed by atoms with E-state index in [9.17, 15) is 19.2 Å². The third-order valence-corrected chi connectivity index (χ3v) is 6.26. The smallest absolute Gasteiger partial charge is 0.303 e. The van der Waals surface area contributed by atoms with Crippen LogP contribution in [0.3, 0.4) is 0 Å². The Bertz CT molecular complexity index is 1270. The van der Waals surface area contributed by atoms with Crippen molar-refractivity contribution in [1.29, 1.82) is 0 Å². The molecule has 0 aliphatic heterocycles. The van der Waals surface area contributed by atoms with Crippen LogP contribution in [0.25, 0.3) is 5.69 Å². The Morgan fingerprint density at radius 3 is 2.41 bits per heavy atom. The van der Waals surface area contributed by atoms with E-state index in [0.29, 0.717) is 17.1 Å². The Kier molecular flexibility index (Phi) is 7.95. The van der Waals surface area contributed by atoms with Crippen LogP contribution in [-0.2, 0) is 21.4 Å². The lowest BCUT2D eigenvalue weighted by molar-refractivity contribution is -0.138. The fourth-order valence-electron chi connectivity index (χ4n) is 3.29. The molecule has 0 radical (unpaired) electrons. The number of anilines is 2. The lowest BCUT2D eigenvalue weighted by atomic mass is 10.2. The van der Waals surface area contributed by atoms with Gasteiger partial charge in [-0.1, -0.05) is 24.3 Å². The minimum Gasteiger partial charge on any atom is -0.481 e. The number of nitrogens with zero attached hydrogens (tertiary/aromatic N) is 2. The number of hydrogen-bond acceptors (Lipinski definition) is 5. The minimum absolute atomic E-state index is 0.123. The van der Waals surface area contributed by atoms with Gasteiger partial charge in [-0.15, -0.1) is 11.8 Å². The number of rotatable bonds is 9. The average molecular weight is 483 g/mol. The Morgan fingerprint density at radius 1 is 1.03 bits per heavy atom. The van der Waals surface area contributed by atoms with Crippen molar-refractivity contribution in [3.8, 4) is 5.69 Å². The molecule has 3 rings (SSSR count).